The van der Waals surface area contributed by atoms with Gasteiger partial charge < -0.3 is 20.4 Å². The Hall–Kier alpha value is -3.54. The monoisotopic (exact) mass is 510 g/mol. The fourth-order valence-corrected chi connectivity index (χ4v) is 4.70. The van der Waals surface area contributed by atoms with E-state index in [4.69, 9.17) is 4.84 Å². The SMILES string of the molecule is O=C(CCNCc1ccc(N2CCC(Nc3ncccn3)CC2)cc1)ONS(=O)(=O)c1ccccc1. The van der Waals surface area contributed by atoms with Gasteiger partial charge in [-0.25, -0.2) is 18.4 Å². The van der Waals surface area contributed by atoms with Crippen molar-refractivity contribution in [2.24, 2.45) is 0 Å². The Morgan fingerprint density at radius 3 is 2.36 bits per heavy atom. The van der Waals surface area contributed by atoms with Gasteiger partial charge in [-0.2, -0.15) is 0 Å². The van der Waals surface area contributed by atoms with E-state index < -0.39 is 16.0 Å². The molecule has 0 bridgehead atoms. The van der Waals surface area contributed by atoms with Crippen molar-refractivity contribution in [2.75, 3.05) is 29.9 Å². The molecule has 3 aromatic rings. The fraction of sp³-hybridized carbons (Fsp3) is 0.320. The first-order valence-electron chi connectivity index (χ1n) is 11.8. The molecule has 0 amide bonds. The number of nitrogens with zero attached hydrogens (tertiary/aromatic N) is 3. The molecule has 0 unspecified atom stereocenters. The first-order valence-corrected chi connectivity index (χ1v) is 13.3. The zero-order valence-electron chi connectivity index (χ0n) is 19.8. The highest BCUT2D eigenvalue weighted by atomic mass is 32.2. The van der Waals surface area contributed by atoms with Crippen molar-refractivity contribution in [2.45, 2.75) is 36.7 Å². The number of carbonyl (C=O) groups is 1. The van der Waals surface area contributed by atoms with Crippen molar-refractivity contribution in [3.05, 3.63) is 78.6 Å². The molecular formula is C25H30N6O4S. The zero-order valence-corrected chi connectivity index (χ0v) is 20.7. The quantitative estimate of drug-likeness (QED) is 0.263. The van der Waals surface area contributed by atoms with Crippen LogP contribution in [0.5, 0.6) is 0 Å². The normalized spacial score (nSPS) is 14.4. The van der Waals surface area contributed by atoms with Crippen LogP contribution in [0, 0.1) is 0 Å². The minimum Gasteiger partial charge on any atom is -0.371 e. The third-order valence-electron chi connectivity index (χ3n) is 5.85. The molecule has 1 aliphatic heterocycles. The summed E-state index contributed by atoms with van der Waals surface area (Å²) in [6, 6.07) is 18.3. The number of sulfonamides is 1. The van der Waals surface area contributed by atoms with E-state index in [0.29, 0.717) is 25.1 Å². The van der Waals surface area contributed by atoms with Gasteiger partial charge in [0.25, 0.3) is 10.0 Å². The van der Waals surface area contributed by atoms with Crippen LogP contribution in [-0.2, 0) is 26.2 Å². The lowest BCUT2D eigenvalue weighted by Gasteiger charge is -2.34. The first-order chi connectivity index (χ1) is 17.5. The Morgan fingerprint density at radius 1 is 0.972 bits per heavy atom. The summed E-state index contributed by atoms with van der Waals surface area (Å²) in [5, 5.41) is 6.58. The summed E-state index contributed by atoms with van der Waals surface area (Å²) >= 11 is 0. The summed E-state index contributed by atoms with van der Waals surface area (Å²) in [7, 11) is -3.89. The number of hydrogen-bond acceptors (Lipinski definition) is 9. The smallest absolute Gasteiger partial charge is 0.327 e. The van der Waals surface area contributed by atoms with Gasteiger partial charge in [0, 0.05) is 50.3 Å². The number of nitrogens with one attached hydrogen (secondary N) is 3. The van der Waals surface area contributed by atoms with Crippen molar-refractivity contribution in [3.8, 4) is 0 Å². The molecule has 1 fully saturated rings. The summed E-state index contributed by atoms with van der Waals surface area (Å²) in [5.74, 6) is 0.0172. The van der Waals surface area contributed by atoms with Gasteiger partial charge in [0.2, 0.25) is 5.95 Å². The zero-order chi connectivity index (χ0) is 25.2. The second-order valence-corrected chi connectivity index (χ2v) is 10.1. The predicted molar refractivity (Wildman–Crippen MR) is 137 cm³/mol. The summed E-state index contributed by atoms with van der Waals surface area (Å²) in [6.45, 7) is 2.86. The van der Waals surface area contributed by atoms with Gasteiger partial charge in [0.15, 0.2) is 0 Å². The van der Waals surface area contributed by atoms with E-state index >= 15 is 0 Å². The van der Waals surface area contributed by atoms with E-state index in [9.17, 15) is 13.2 Å². The van der Waals surface area contributed by atoms with Crippen molar-refractivity contribution >= 4 is 27.6 Å². The van der Waals surface area contributed by atoms with Crippen LogP contribution >= 0.6 is 0 Å². The van der Waals surface area contributed by atoms with E-state index in [1.807, 2.05) is 4.89 Å². The molecule has 1 aliphatic rings. The van der Waals surface area contributed by atoms with E-state index in [0.717, 1.165) is 31.5 Å². The second kappa shape index (κ2) is 12.4. The Morgan fingerprint density at radius 2 is 1.67 bits per heavy atom. The molecule has 4 rings (SSSR count). The standard InChI is InChI=1S/C25H30N6O4S/c32-24(35-30-36(33,34)23-5-2-1-3-6-23)11-16-26-19-20-7-9-22(10-8-20)31-17-12-21(13-18-31)29-25-27-14-4-15-28-25/h1-10,14-15,21,26,30H,11-13,16-19H2,(H,27,28,29). The molecule has 0 spiro atoms. The Balaban J connectivity index is 1.13. The van der Waals surface area contributed by atoms with Crippen LogP contribution < -0.4 is 20.4 Å². The van der Waals surface area contributed by atoms with Gasteiger partial charge in [-0.15, -0.1) is 0 Å². The molecule has 2 aromatic carbocycles. The number of carbonyl (C=O) groups excluding carboxylic acids is 1. The lowest BCUT2D eigenvalue weighted by atomic mass is 10.0. The maximum Gasteiger partial charge on any atom is 0.327 e. The van der Waals surface area contributed by atoms with Crippen molar-refractivity contribution in [1.29, 1.82) is 0 Å². The summed E-state index contributed by atoms with van der Waals surface area (Å²) in [5.41, 5.74) is 2.28. The molecule has 0 saturated carbocycles. The van der Waals surface area contributed by atoms with Crippen LogP contribution in [0.3, 0.4) is 0 Å². The van der Waals surface area contributed by atoms with E-state index in [1.165, 1.54) is 17.8 Å². The number of hydrogen-bond donors (Lipinski definition) is 3. The number of aromatic nitrogens is 2. The van der Waals surface area contributed by atoms with Gasteiger partial charge in [0.1, 0.15) is 0 Å². The highest BCUT2D eigenvalue weighted by molar-refractivity contribution is 7.89. The molecular weight excluding hydrogens is 480 g/mol. The van der Waals surface area contributed by atoms with Crippen LogP contribution in [0.2, 0.25) is 0 Å². The average Bonchev–Trinajstić information content (AvgIpc) is 2.92. The molecule has 0 aliphatic carbocycles. The third kappa shape index (κ3) is 7.48. The number of piperidine rings is 1. The molecule has 2 heterocycles. The van der Waals surface area contributed by atoms with Crippen LogP contribution in [0.25, 0.3) is 0 Å². The summed E-state index contributed by atoms with van der Waals surface area (Å²) < 4.78 is 24.1. The van der Waals surface area contributed by atoms with Crippen molar-refractivity contribution < 1.29 is 18.0 Å². The van der Waals surface area contributed by atoms with Crippen molar-refractivity contribution in [1.82, 2.24) is 20.2 Å². The van der Waals surface area contributed by atoms with Gasteiger partial charge >= 0.3 is 5.97 Å². The summed E-state index contributed by atoms with van der Waals surface area (Å²) in [4.78, 5) is 29.3. The van der Waals surface area contributed by atoms with Gasteiger partial charge in [0.05, 0.1) is 11.3 Å². The first kappa shape index (κ1) is 25.5. The lowest BCUT2D eigenvalue weighted by Crippen LogP contribution is -2.39. The molecule has 36 heavy (non-hydrogen) atoms. The summed E-state index contributed by atoms with van der Waals surface area (Å²) in [6.07, 6.45) is 5.54. The van der Waals surface area contributed by atoms with Gasteiger partial charge in [-0.05, 0) is 53.6 Å². The molecule has 1 aromatic heterocycles. The van der Waals surface area contributed by atoms with Gasteiger partial charge in [-0.1, -0.05) is 30.3 Å². The fourth-order valence-electron chi connectivity index (χ4n) is 3.89. The van der Waals surface area contributed by atoms with Crippen LogP contribution in [-0.4, -0.2) is 50.0 Å². The molecule has 190 valence electrons. The predicted octanol–water partition coefficient (Wildman–Crippen LogP) is 2.47. The average molecular weight is 511 g/mol. The molecule has 11 heteroatoms. The Bertz CT molecular complexity index is 1200. The van der Waals surface area contributed by atoms with E-state index in [1.54, 1.807) is 36.7 Å². The number of benzene rings is 2. The highest BCUT2D eigenvalue weighted by Crippen LogP contribution is 2.22. The second-order valence-electron chi connectivity index (χ2n) is 8.45. The van der Waals surface area contributed by atoms with E-state index in [2.05, 4.69) is 49.8 Å². The molecule has 1 saturated heterocycles. The number of anilines is 2. The third-order valence-corrected chi connectivity index (χ3v) is 7.04. The molecule has 0 atom stereocenters. The van der Waals surface area contributed by atoms with Crippen molar-refractivity contribution in [3.63, 3.8) is 0 Å². The maximum atomic E-state index is 12.1. The molecule has 10 nitrogen and oxygen atoms in total. The lowest BCUT2D eigenvalue weighted by molar-refractivity contribution is -0.147. The van der Waals surface area contributed by atoms with Gasteiger partial charge in [-0.3, -0.25) is 4.79 Å². The Labute approximate surface area is 211 Å². The minimum atomic E-state index is -3.89. The molecule has 0 radical (unpaired) electrons. The largest absolute Gasteiger partial charge is 0.371 e. The topological polar surface area (TPSA) is 126 Å². The van der Waals surface area contributed by atoms with Crippen LogP contribution in [0.1, 0.15) is 24.8 Å². The minimum absolute atomic E-state index is 0.0298. The Kier molecular flexibility index (Phi) is 8.82. The maximum absolute atomic E-state index is 12.1. The van der Waals surface area contributed by atoms with E-state index in [-0.39, 0.29) is 11.3 Å². The number of rotatable bonds is 11. The van der Waals surface area contributed by atoms with Crippen LogP contribution in [0.15, 0.2) is 78.0 Å². The highest BCUT2D eigenvalue weighted by Gasteiger charge is 2.20. The molecule has 3 N–H and O–H groups in total. The van der Waals surface area contributed by atoms with Crippen LogP contribution in [0.4, 0.5) is 11.6 Å².